The number of thiophene rings is 1. The average molecular weight is 279 g/mol. The van der Waals surface area contributed by atoms with Crippen molar-refractivity contribution in [3.8, 4) is 0 Å². The Morgan fingerprint density at radius 2 is 2.21 bits per heavy atom. The predicted octanol–water partition coefficient (Wildman–Crippen LogP) is 2.77. The summed E-state index contributed by atoms with van der Waals surface area (Å²) in [5.41, 5.74) is 0. The summed E-state index contributed by atoms with van der Waals surface area (Å²) in [5, 5.41) is 13.1. The highest BCUT2D eigenvalue weighted by molar-refractivity contribution is 7.18. The minimum absolute atomic E-state index is 0.0215. The van der Waals surface area contributed by atoms with Gasteiger partial charge in [-0.2, -0.15) is 0 Å². The monoisotopic (exact) mass is 279 g/mol. The molecule has 0 spiro atoms. The fourth-order valence-electron chi connectivity index (χ4n) is 1.86. The summed E-state index contributed by atoms with van der Waals surface area (Å²) in [4.78, 5) is 21.8. The molecular weight excluding hydrogens is 262 g/mol. The molecule has 2 heterocycles. The summed E-state index contributed by atoms with van der Waals surface area (Å²) >= 11 is 1.62. The minimum atomic E-state index is -0.868. The molecule has 2 N–H and O–H groups in total. The van der Waals surface area contributed by atoms with Gasteiger partial charge >= 0.3 is 5.97 Å². The number of carboxylic acid groups (broad SMARTS) is 1. The molecule has 0 aliphatic carbocycles. The van der Waals surface area contributed by atoms with Crippen molar-refractivity contribution in [3.63, 3.8) is 0 Å². The second-order valence-corrected chi connectivity index (χ2v) is 5.83. The van der Waals surface area contributed by atoms with Crippen molar-refractivity contribution in [1.29, 1.82) is 0 Å². The van der Waals surface area contributed by atoms with E-state index in [9.17, 15) is 9.90 Å². The zero-order chi connectivity index (χ0) is 14.0. The highest BCUT2D eigenvalue weighted by Gasteiger charge is 2.22. The SMILES string of the molecule is CCc1cc2c(N[C@H](C(=O)O)C(C)C)ncnc2s1. The largest absolute Gasteiger partial charge is 0.480 e. The summed E-state index contributed by atoms with van der Waals surface area (Å²) in [6.07, 6.45) is 2.41. The van der Waals surface area contributed by atoms with Crippen LogP contribution < -0.4 is 5.32 Å². The molecule has 2 aromatic heterocycles. The first-order valence-electron chi connectivity index (χ1n) is 6.25. The molecule has 0 amide bonds. The second kappa shape index (κ2) is 5.52. The Morgan fingerprint density at radius 3 is 2.79 bits per heavy atom. The number of rotatable bonds is 5. The lowest BCUT2D eigenvalue weighted by atomic mass is 10.0. The van der Waals surface area contributed by atoms with Gasteiger partial charge in [0.05, 0.1) is 5.39 Å². The van der Waals surface area contributed by atoms with E-state index in [2.05, 4.69) is 22.2 Å². The Kier molecular flexibility index (Phi) is 3.99. The Bertz CT molecular complexity index is 595. The first kappa shape index (κ1) is 13.7. The van der Waals surface area contributed by atoms with Crippen LogP contribution in [0.2, 0.25) is 0 Å². The van der Waals surface area contributed by atoms with Gasteiger partial charge in [0.15, 0.2) is 0 Å². The smallest absolute Gasteiger partial charge is 0.326 e. The van der Waals surface area contributed by atoms with Crippen LogP contribution in [-0.2, 0) is 11.2 Å². The first-order chi connectivity index (χ1) is 9.02. The molecule has 0 saturated heterocycles. The second-order valence-electron chi connectivity index (χ2n) is 4.71. The molecule has 2 rings (SSSR count). The minimum Gasteiger partial charge on any atom is -0.480 e. The van der Waals surface area contributed by atoms with E-state index < -0.39 is 12.0 Å². The molecule has 0 bridgehead atoms. The van der Waals surface area contributed by atoms with Crippen molar-refractivity contribution in [2.45, 2.75) is 33.2 Å². The fourth-order valence-corrected chi connectivity index (χ4v) is 2.79. The molecular formula is C13H17N3O2S. The van der Waals surface area contributed by atoms with Gasteiger partial charge in [0.25, 0.3) is 0 Å². The van der Waals surface area contributed by atoms with Gasteiger partial charge in [-0.1, -0.05) is 20.8 Å². The van der Waals surface area contributed by atoms with E-state index in [0.717, 1.165) is 16.6 Å². The molecule has 0 radical (unpaired) electrons. The highest BCUT2D eigenvalue weighted by Crippen LogP contribution is 2.29. The molecule has 0 aromatic carbocycles. The first-order valence-corrected chi connectivity index (χ1v) is 7.07. The number of hydrogen-bond acceptors (Lipinski definition) is 5. The van der Waals surface area contributed by atoms with Crippen LogP contribution in [0.5, 0.6) is 0 Å². The maximum Gasteiger partial charge on any atom is 0.326 e. The van der Waals surface area contributed by atoms with E-state index in [0.29, 0.717) is 5.82 Å². The van der Waals surface area contributed by atoms with Crippen LogP contribution in [0.3, 0.4) is 0 Å². The molecule has 19 heavy (non-hydrogen) atoms. The van der Waals surface area contributed by atoms with Crippen LogP contribution in [0.1, 0.15) is 25.6 Å². The molecule has 0 unspecified atom stereocenters. The Morgan fingerprint density at radius 1 is 1.47 bits per heavy atom. The van der Waals surface area contributed by atoms with Crippen molar-refractivity contribution in [1.82, 2.24) is 9.97 Å². The van der Waals surface area contributed by atoms with E-state index in [-0.39, 0.29) is 5.92 Å². The van der Waals surface area contributed by atoms with E-state index in [1.54, 1.807) is 11.3 Å². The third-order valence-electron chi connectivity index (χ3n) is 2.95. The Balaban J connectivity index is 2.39. The predicted molar refractivity (Wildman–Crippen MR) is 76.7 cm³/mol. The number of nitrogens with one attached hydrogen (secondary N) is 1. The van der Waals surface area contributed by atoms with Gasteiger partial charge in [0, 0.05) is 4.88 Å². The van der Waals surface area contributed by atoms with Gasteiger partial charge in [-0.15, -0.1) is 11.3 Å². The summed E-state index contributed by atoms with van der Waals surface area (Å²) in [6, 6.07) is 1.38. The van der Waals surface area contributed by atoms with E-state index in [4.69, 9.17) is 0 Å². The standard InChI is InChI=1S/C13H17N3O2S/c1-4-8-5-9-11(14-6-15-12(9)19-8)16-10(7(2)3)13(17)18/h5-7,10H,4H2,1-3H3,(H,17,18)(H,14,15,16)/t10-/m0/s1. The van der Waals surface area contributed by atoms with Crippen molar-refractivity contribution in [2.75, 3.05) is 5.32 Å². The van der Waals surface area contributed by atoms with Crippen molar-refractivity contribution < 1.29 is 9.90 Å². The summed E-state index contributed by atoms with van der Waals surface area (Å²) < 4.78 is 0. The number of aromatic nitrogens is 2. The number of carbonyl (C=O) groups is 1. The van der Waals surface area contributed by atoms with Gasteiger partial charge in [0.2, 0.25) is 0 Å². The van der Waals surface area contributed by atoms with Crippen LogP contribution in [0.25, 0.3) is 10.2 Å². The van der Waals surface area contributed by atoms with E-state index in [1.165, 1.54) is 11.2 Å². The molecule has 6 heteroatoms. The lowest BCUT2D eigenvalue weighted by molar-refractivity contribution is -0.138. The Labute approximate surface area is 115 Å². The van der Waals surface area contributed by atoms with Gasteiger partial charge < -0.3 is 10.4 Å². The average Bonchev–Trinajstić information content (AvgIpc) is 2.78. The number of aliphatic carboxylic acids is 1. The maximum atomic E-state index is 11.2. The van der Waals surface area contributed by atoms with Crippen LogP contribution >= 0.6 is 11.3 Å². The van der Waals surface area contributed by atoms with Crippen LogP contribution in [0.15, 0.2) is 12.4 Å². The maximum absolute atomic E-state index is 11.2. The summed E-state index contributed by atoms with van der Waals surface area (Å²) in [7, 11) is 0. The highest BCUT2D eigenvalue weighted by atomic mass is 32.1. The van der Waals surface area contributed by atoms with Crippen LogP contribution in [0.4, 0.5) is 5.82 Å². The topological polar surface area (TPSA) is 75.1 Å². The summed E-state index contributed by atoms with van der Waals surface area (Å²) in [6.45, 7) is 5.82. The molecule has 102 valence electrons. The molecule has 1 atom stereocenters. The molecule has 0 saturated carbocycles. The third kappa shape index (κ3) is 2.84. The Hall–Kier alpha value is -1.69. The quantitative estimate of drug-likeness (QED) is 0.880. The normalized spacial score (nSPS) is 12.8. The lowest BCUT2D eigenvalue weighted by Crippen LogP contribution is -2.34. The zero-order valence-electron chi connectivity index (χ0n) is 11.2. The number of nitrogens with zero attached hydrogens (tertiary/aromatic N) is 2. The number of aryl methyl sites for hydroxylation is 1. The lowest BCUT2D eigenvalue weighted by Gasteiger charge is -2.18. The number of carboxylic acids is 1. The van der Waals surface area contributed by atoms with Gasteiger partial charge in [-0.05, 0) is 18.4 Å². The van der Waals surface area contributed by atoms with Crippen molar-refractivity contribution in [2.24, 2.45) is 5.92 Å². The summed E-state index contributed by atoms with van der Waals surface area (Å²) in [5.74, 6) is -0.290. The van der Waals surface area contributed by atoms with Crippen molar-refractivity contribution in [3.05, 3.63) is 17.3 Å². The molecule has 0 aliphatic rings. The fraction of sp³-hybridized carbons (Fsp3) is 0.462. The molecule has 2 aromatic rings. The zero-order valence-corrected chi connectivity index (χ0v) is 12.0. The van der Waals surface area contributed by atoms with E-state index >= 15 is 0 Å². The van der Waals surface area contributed by atoms with E-state index in [1.807, 2.05) is 19.9 Å². The third-order valence-corrected chi connectivity index (χ3v) is 4.14. The molecule has 0 aliphatic heterocycles. The molecule has 5 nitrogen and oxygen atoms in total. The van der Waals surface area contributed by atoms with Gasteiger partial charge in [-0.3, -0.25) is 0 Å². The van der Waals surface area contributed by atoms with Crippen LogP contribution in [0, 0.1) is 5.92 Å². The molecule has 0 fully saturated rings. The van der Waals surface area contributed by atoms with Gasteiger partial charge in [-0.25, -0.2) is 14.8 Å². The number of fused-ring (bicyclic) bond motifs is 1. The van der Waals surface area contributed by atoms with Gasteiger partial charge in [0.1, 0.15) is 23.0 Å². The van der Waals surface area contributed by atoms with Crippen LogP contribution in [-0.4, -0.2) is 27.1 Å². The number of anilines is 1. The number of hydrogen-bond donors (Lipinski definition) is 2. The van der Waals surface area contributed by atoms with Crippen molar-refractivity contribution >= 4 is 33.3 Å².